The predicted molar refractivity (Wildman–Crippen MR) is 106 cm³/mol. The normalized spacial score (nSPS) is 53.3. The molecule has 8 saturated heterocycles. The van der Waals surface area contributed by atoms with E-state index in [1.165, 1.54) is 0 Å². The van der Waals surface area contributed by atoms with Crippen molar-refractivity contribution in [2.45, 2.75) is 86.8 Å². The van der Waals surface area contributed by atoms with Gasteiger partial charge in [0.1, 0.15) is 12.1 Å². The van der Waals surface area contributed by atoms with Crippen molar-refractivity contribution in [1.29, 1.82) is 0 Å². The quantitative estimate of drug-likeness (QED) is 0.457. The molecule has 0 spiro atoms. The van der Waals surface area contributed by atoms with Crippen molar-refractivity contribution in [3.05, 3.63) is 0 Å². The molecule has 0 aromatic rings. The van der Waals surface area contributed by atoms with Crippen LogP contribution in [0.15, 0.2) is 0 Å². The van der Waals surface area contributed by atoms with Crippen LogP contribution in [-0.4, -0.2) is 70.8 Å². The van der Waals surface area contributed by atoms with Gasteiger partial charge in [0.05, 0.1) is 49.8 Å². The van der Waals surface area contributed by atoms with Gasteiger partial charge in [-0.15, -0.1) is 11.8 Å². The molecule has 0 aromatic heterocycles. The first kappa shape index (κ1) is 21.1. The summed E-state index contributed by atoms with van der Waals surface area (Å²) in [4.78, 5) is 0. The Kier molecular flexibility index (Phi) is 6.12. The van der Waals surface area contributed by atoms with E-state index in [1.807, 2.05) is 0 Å². The maximum Gasteiger partial charge on any atom is 0.101 e. The third-order valence-corrected chi connectivity index (χ3v) is 11.8. The summed E-state index contributed by atoms with van der Waals surface area (Å²) >= 11 is 2.51. The maximum absolute atomic E-state index is 2.51. The van der Waals surface area contributed by atoms with Gasteiger partial charge in [0.15, 0.2) is 0 Å². The molecule has 8 aliphatic heterocycles. The van der Waals surface area contributed by atoms with E-state index >= 15 is 0 Å². The number of quaternary nitrogens is 2. The van der Waals surface area contributed by atoms with Gasteiger partial charge >= 0.3 is 0 Å². The topological polar surface area (TPSA) is 0 Å². The fraction of sp³-hybridized carbons (Fsp3) is 1.00. The zero-order valence-corrected chi connectivity index (χ0v) is 19.2. The van der Waals surface area contributed by atoms with Gasteiger partial charge in [-0.1, -0.05) is 0 Å². The number of hydrogen-bond donors (Lipinski definition) is 0. The Morgan fingerprint density at radius 2 is 0.778 bits per heavy atom. The SMILES string of the molecule is C1C[N+]2([C@@H]3CC[C@H]4S[C@@H]3CC[C@H]4[N+]34CCC(CC3)CC4)CCC1CC2.[Cl-].[Cl-]. The number of halogens is 2. The smallest absolute Gasteiger partial charge is 0.101 e. The van der Waals surface area contributed by atoms with Gasteiger partial charge in [-0.2, -0.15) is 0 Å². The molecule has 8 aliphatic rings. The van der Waals surface area contributed by atoms with Crippen LogP contribution in [0.1, 0.15) is 64.2 Å². The minimum atomic E-state index is 0. The van der Waals surface area contributed by atoms with Crippen LogP contribution in [0.4, 0.5) is 0 Å². The fourth-order valence-electron chi connectivity index (χ4n) is 8.39. The first-order valence-corrected chi connectivity index (χ1v) is 12.6. The molecule has 8 fully saturated rings. The molecule has 156 valence electrons. The molecule has 8 rings (SSSR count). The maximum atomic E-state index is 2.51. The van der Waals surface area contributed by atoms with Crippen molar-refractivity contribution >= 4 is 11.8 Å². The molecule has 0 N–H and O–H groups in total. The van der Waals surface area contributed by atoms with Crippen molar-refractivity contribution in [3.63, 3.8) is 0 Å². The van der Waals surface area contributed by atoms with Gasteiger partial charge < -0.3 is 33.8 Å². The van der Waals surface area contributed by atoms with E-state index in [9.17, 15) is 0 Å². The molecule has 0 saturated carbocycles. The van der Waals surface area contributed by atoms with Gasteiger partial charge in [-0.3, -0.25) is 0 Å². The molecular weight excluding hydrogens is 395 g/mol. The molecule has 8 heterocycles. The van der Waals surface area contributed by atoms with Gasteiger partial charge in [-0.05, 0) is 63.2 Å². The van der Waals surface area contributed by atoms with Crippen LogP contribution >= 0.6 is 11.8 Å². The third kappa shape index (κ3) is 3.30. The van der Waals surface area contributed by atoms with Crippen molar-refractivity contribution in [2.75, 3.05) is 39.3 Å². The molecule has 0 radical (unpaired) electrons. The molecule has 6 bridgehead atoms. The summed E-state index contributed by atoms with van der Waals surface area (Å²) in [6.45, 7) is 9.26. The molecule has 27 heavy (non-hydrogen) atoms. The number of thioether (sulfide) groups is 1. The number of nitrogens with zero attached hydrogens (tertiary/aromatic N) is 2. The second-order valence-corrected chi connectivity index (χ2v) is 12.2. The van der Waals surface area contributed by atoms with Crippen molar-refractivity contribution < 1.29 is 33.8 Å². The lowest BCUT2D eigenvalue weighted by Crippen LogP contribution is -3.00. The summed E-state index contributed by atoms with van der Waals surface area (Å²) in [5, 5.41) is 2.04. The fourth-order valence-corrected chi connectivity index (χ4v) is 10.5. The minimum absolute atomic E-state index is 0. The summed E-state index contributed by atoms with van der Waals surface area (Å²) in [6, 6.07) is 2.08. The first-order chi connectivity index (χ1) is 12.3. The van der Waals surface area contributed by atoms with Crippen LogP contribution in [0.2, 0.25) is 0 Å². The second-order valence-electron chi connectivity index (χ2n) is 10.7. The van der Waals surface area contributed by atoms with Crippen molar-refractivity contribution in [2.24, 2.45) is 11.8 Å². The van der Waals surface area contributed by atoms with Crippen LogP contribution in [-0.2, 0) is 0 Å². The van der Waals surface area contributed by atoms with Crippen LogP contribution < -0.4 is 24.8 Å². The van der Waals surface area contributed by atoms with E-state index in [-0.39, 0.29) is 24.8 Å². The average molecular weight is 434 g/mol. The average Bonchev–Trinajstić information content (AvgIpc) is 2.71. The van der Waals surface area contributed by atoms with Gasteiger partial charge in [0.2, 0.25) is 0 Å². The Morgan fingerprint density at radius 1 is 0.444 bits per heavy atom. The highest BCUT2D eigenvalue weighted by molar-refractivity contribution is 8.00. The van der Waals surface area contributed by atoms with Crippen LogP contribution in [0.5, 0.6) is 0 Å². The Morgan fingerprint density at radius 3 is 1.11 bits per heavy atom. The molecule has 0 unspecified atom stereocenters. The lowest BCUT2D eigenvalue weighted by atomic mass is 9.78. The predicted octanol–water partition coefficient (Wildman–Crippen LogP) is -1.95. The van der Waals surface area contributed by atoms with Crippen molar-refractivity contribution in [1.82, 2.24) is 0 Å². The second kappa shape index (κ2) is 7.84. The summed E-state index contributed by atoms with van der Waals surface area (Å²) in [5.74, 6) is 2.22. The van der Waals surface area contributed by atoms with Crippen molar-refractivity contribution in [3.8, 4) is 0 Å². The third-order valence-electron chi connectivity index (χ3n) is 10.0. The monoisotopic (exact) mass is 432 g/mol. The minimum Gasteiger partial charge on any atom is -1.00 e. The number of hydrogen-bond acceptors (Lipinski definition) is 1. The lowest BCUT2D eigenvalue weighted by Gasteiger charge is -2.61. The van der Waals surface area contributed by atoms with Gasteiger partial charge in [0, 0.05) is 12.8 Å². The zero-order valence-electron chi connectivity index (χ0n) is 16.8. The summed E-state index contributed by atoms with van der Waals surface area (Å²) < 4.78 is 3.13. The lowest BCUT2D eigenvalue weighted by molar-refractivity contribution is -0.970. The Bertz CT molecular complexity index is 455. The Balaban J connectivity index is 0.000000900. The molecule has 5 heteroatoms. The van der Waals surface area contributed by atoms with E-state index in [4.69, 9.17) is 0 Å². The Labute approximate surface area is 183 Å². The number of rotatable bonds is 2. The highest BCUT2D eigenvalue weighted by Crippen LogP contribution is 2.52. The van der Waals surface area contributed by atoms with Gasteiger partial charge in [0.25, 0.3) is 0 Å². The summed E-state index contributed by atoms with van der Waals surface area (Å²) in [7, 11) is 0. The molecule has 0 aliphatic carbocycles. The van der Waals surface area contributed by atoms with E-state index in [2.05, 4.69) is 11.8 Å². The van der Waals surface area contributed by atoms with E-state index < -0.39 is 0 Å². The molecular formula is C22H38Cl2N2S. The molecule has 2 nitrogen and oxygen atoms in total. The highest BCUT2D eigenvalue weighted by atomic mass is 35.5. The first-order valence-electron chi connectivity index (χ1n) is 11.6. The van der Waals surface area contributed by atoms with Crippen LogP contribution in [0, 0.1) is 11.8 Å². The summed E-state index contributed by atoms with van der Waals surface area (Å²) in [6.07, 6.45) is 15.6. The Hall–Kier alpha value is 0.850. The zero-order chi connectivity index (χ0) is 16.5. The van der Waals surface area contributed by atoms with Gasteiger partial charge in [-0.25, -0.2) is 0 Å². The van der Waals surface area contributed by atoms with E-state index in [0.29, 0.717) is 0 Å². The number of fused-ring (bicyclic) bond motifs is 8. The standard InChI is InChI=1S/C22H38N2S.2ClH/c1-3-21-20(24-14-8-18(9-15-24)10-16-24)2-4-22(25-21)19(1)23-11-5-17(6-12-23)7-13-23;;/h17-22H,1-16H2;2*1H/q+2;;/p-2/t17?,18?,19-,20-,21-,22-,23?,24?;;/m1../s1. The summed E-state index contributed by atoms with van der Waals surface area (Å²) in [5.41, 5.74) is 0. The molecule has 4 atom stereocenters. The van der Waals surface area contributed by atoms with E-state index in [1.54, 1.807) is 112 Å². The van der Waals surface area contributed by atoms with Crippen LogP contribution in [0.25, 0.3) is 0 Å². The van der Waals surface area contributed by atoms with E-state index in [0.717, 1.165) is 34.4 Å². The highest BCUT2D eigenvalue weighted by Gasteiger charge is 2.56. The van der Waals surface area contributed by atoms with Crippen LogP contribution in [0.3, 0.4) is 0 Å². The molecule has 0 amide bonds. The molecule has 0 aromatic carbocycles. The number of piperidine rings is 6. The largest absolute Gasteiger partial charge is 1.00 e.